The highest BCUT2D eigenvalue weighted by Crippen LogP contribution is 2.29. The lowest BCUT2D eigenvalue weighted by molar-refractivity contribution is 0.0988. The smallest absolute Gasteiger partial charge is 0.159 e. The van der Waals surface area contributed by atoms with Crippen LogP contribution in [0.4, 0.5) is 5.69 Å². The van der Waals surface area contributed by atoms with Gasteiger partial charge in [-0.1, -0.05) is 11.6 Å². The SMILES string of the molecule is CC(=O)c1ccc(N2CCOCC2C)c(Cl)c1. The molecular formula is C13H16ClNO2. The summed E-state index contributed by atoms with van der Waals surface area (Å²) in [7, 11) is 0. The van der Waals surface area contributed by atoms with Crippen molar-refractivity contribution in [3.05, 3.63) is 28.8 Å². The van der Waals surface area contributed by atoms with Crippen LogP contribution >= 0.6 is 11.6 Å². The van der Waals surface area contributed by atoms with Gasteiger partial charge < -0.3 is 9.64 Å². The van der Waals surface area contributed by atoms with Gasteiger partial charge in [0, 0.05) is 18.2 Å². The van der Waals surface area contributed by atoms with Crippen molar-refractivity contribution >= 4 is 23.1 Å². The van der Waals surface area contributed by atoms with Crippen LogP contribution in [0.2, 0.25) is 5.02 Å². The number of benzene rings is 1. The van der Waals surface area contributed by atoms with Gasteiger partial charge in [0.1, 0.15) is 0 Å². The molecular weight excluding hydrogens is 238 g/mol. The number of ether oxygens (including phenoxy) is 1. The Bertz CT molecular complexity index is 433. The second-order valence-electron chi connectivity index (χ2n) is 4.34. The zero-order valence-electron chi connectivity index (χ0n) is 10.1. The molecule has 0 N–H and O–H groups in total. The van der Waals surface area contributed by atoms with Crippen molar-refractivity contribution in [3.8, 4) is 0 Å². The van der Waals surface area contributed by atoms with Crippen LogP contribution in [0.15, 0.2) is 18.2 Å². The number of carbonyl (C=O) groups is 1. The molecule has 3 nitrogen and oxygen atoms in total. The molecule has 2 rings (SSSR count). The summed E-state index contributed by atoms with van der Waals surface area (Å²) in [5.74, 6) is 0.0356. The van der Waals surface area contributed by atoms with Gasteiger partial charge in [-0.2, -0.15) is 0 Å². The normalized spacial score (nSPS) is 20.4. The first-order valence-corrected chi connectivity index (χ1v) is 6.12. The van der Waals surface area contributed by atoms with Crippen LogP contribution in [-0.2, 0) is 4.74 Å². The zero-order valence-corrected chi connectivity index (χ0v) is 10.8. The first kappa shape index (κ1) is 12.4. The van der Waals surface area contributed by atoms with E-state index in [2.05, 4.69) is 11.8 Å². The van der Waals surface area contributed by atoms with Crippen molar-refractivity contribution in [2.45, 2.75) is 19.9 Å². The molecule has 4 heteroatoms. The number of hydrogen-bond donors (Lipinski definition) is 0. The van der Waals surface area contributed by atoms with Gasteiger partial charge >= 0.3 is 0 Å². The van der Waals surface area contributed by atoms with Gasteiger partial charge in [-0.15, -0.1) is 0 Å². The van der Waals surface area contributed by atoms with E-state index in [1.54, 1.807) is 13.0 Å². The van der Waals surface area contributed by atoms with Crippen molar-refractivity contribution in [2.24, 2.45) is 0 Å². The third-order valence-electron chi connectivity index (χ3n) is 3.03. The predicted molar refractivity (Wildman–Crippen MR) is 69.1 cm³/mol. The number of ketones is 1. The monoisotopic (exact) mass is 253 g/mol. The van der Waals surface area contributed by atoms with E-state index < -0.39 is 0 Å². The Labute approximate surface area is 106 Å². The van der Waals surface area contributed by atoms with Gasteiger partial charge in [0.2, 0.25) is 0 Å². The van der Waals surface area contributed by atoms with Crippen molar-refractivity contribution in [2.75, 3.05) is 24.7 Å². The van der Waals surface area contributed by atoms with Crippen LogP contribution in [0.3, 0.4) is 0 Å². The summed E-state index contributed by atoms with van der Waals surface area (Å²) in [5.41, 5.74) is 1.63. The lowest BCUT2D eigenvalue weighted by Crippen LogP contribution is -2.43. The molecule has 0 saturated carbocycles. The Balaban J connectivity index is 2.29. The number of morpholine rings is 1. The molecule has 1 aliphatic heterocycles. The van der Waals surface area contributed by atoms with Crippen molar-refractivity contribution < 1.29 is 9.53 Å². The van der Waals surface area contributed by atoms with Gasteiger partial charge in [0.05, 0.1) is 23.9 Å². The molecule has 17 heavy (non-hydrogen) atoms. The summed E-state index contributed by atoms with van der Waals surface area (Å²) < 4.78 is 5.40. The standard InChI is InChI=1S/C13H16ClNO2/c1-9-8-17-6-5-15(9)13-4-3-11(10(2)16)7-12(13)14/h3-4,7,9H,5-6,8H2,1-2H3. The number of Topliss-reactive ketones (excluding diaryl/α,β-unsaturated/α-hetero) is 1. The van der Waals surface area contributed by atoms with E-state index in [-0.39, 0.29) is 5.78 Å². The Morgan fingerprint density at radius 2 is 2.29 bits per heavy atom. The second kappa shape index (κ2) is 5.07. The van der Waals surface area contributed by atoms with E-state index in [0.29, 0.717) is 23.2 Å². The molecule has 1 aromatic rings. The molecule has 1 aromatic carbocycles. The van der Waals surface area contributed by atoms with Gasteiger partial charge in [0.25, 0.3) is 0 Å². The van der Waals surface area contributed by atoms with Crippen LogP contribution < -0.4 is 4.90 Å². The molecule has 1 heterocycles. The van der Waals surface area contributed by atoms with E-state index >= 15 is 0 Å². The molecule has 1 saturated heterocycles. The lowest BCUT2D eigenvalue weighted by atomic mass is 10.1. The third kappa shape index (κ3) is 2.61. The van der Waals surface area contributed by atoms with E-state index in [9.17, 15) is 4.79 Å². The molecule has 1 unspecified atom stereocenters. The van der Waals surface area contributed by atoms with E-state index in [0.717, 1.165) is 18.8 Å². The Morgan fingerprint density at radius 3 is 2.88 bits per heavy atom. The summed E-state index contributed by atoms with van der Waals surface area (Å²) >= 11 is 6.24. The molecule has 1 atom stereocenters. The molecule has 1 fully saturated rings. The highest BCUT2D eigenvalue weighted by atomic mass is 35.5. The predicted octanol–water partition coefficient (Wildman–Crippen LogP) is 2.77. The summed E-state index contributed by atoms with van der Waals surface area (Å²) in [4.78, 5) is 13.5. The Hall–Kier alpha value is -1.06. The number of carbonyl (C=O) groups excluding carboxylic acids is 1. The molecule has 0 amide bonds. The van der Waals surface area contributed by atoms with E-state index in [1.807, 2.05) is 12.1 Å². The largest absolute Gasteiger partial charge is 0.377 e. The number of rotatable bonds is 2. The van der Waals surface area contributed by atoms with Crippen LogP contribution in [0, 0.1) is 0 Å². The first-order chi connectivity index (χ1) is 8.09. The fourth-order valence-electron chi connectivity index (χ4n) is 2.04. The van der Waals surface area contributed by atoms with Gasteiger partial charge in [0.15, 0.2) is 5.78 Å². The minimum absolute atomic E-state index is 0.0356. The minimum Gasteiger partial charge on any atom is -0.377 e. The fraction of sp³-hybridized carbons (Fsp3) is 0.462. The first-order valence-electron chi connectivity index (χ1n) is 5.74. The maximum absolute atomic E-state index is 11.3. The van der Waals surface area contributed by atoms with Crippen LogP contribution in [0.5, 0.6) is 0 Å². The summed E-state index contributed by atoms with van der Waals surface area (Å²) in [6, 6.07) is 5.79. The summed E-state index contributed by atoms with van der Waals surface area (Å²) in [6.45, 7) is 5.91. The Kier molecular flexibility index (Phi) is 3.69. The van der Waals surface area contributed by atoms with Crippen LogP contribution in [0.25, 0.3) is 0 Å². The van der Waals surface area contributed by atoms with Crippen LogP contribution in [-0.4, -0.2) is 31.6 Å². The highest BCUT2D eigenvalue weighted by Gasteiger charge is 2.21. The van der Waals surface area contributed by atoms with Crippen molar-refractivity contribution in [1.82, 2.24) is 0 Å². The van der Waals surface area contributed by atoms with Gasteiger partial charge in [-0.05, 0) is 32.0 Å². The molecule has 0 bridgehead atoms. The minimum atomic E-state index is 0.0356. The maximum atomic E-state index is 11.3. The van der Waals surface area contributed by atoms with Crippen LogP contribution in [0.1, 0.15) is 24.2 Å². The average Bonchev–Trinajstić information content (AvgIpc) is 2.30. The number of hydrogen-bond acceptors (Lipinski definition) is 3. The van der Waals surface area contributed by atoms with Gasteiger partial charge in [-0.3, -0.25) is 4.79 Å². The fourth-order valence-corrected chi connectivity index (χ4v) is 2.33. The topological polar surface area (TPSA) is 29.5 Å². The molecule has 0 aliphatic carbocycles. The molecule has 1 aliphatic rings. The van der Waals surface area contributed by atoms with E-state index in [4.69, 9.17) is 16.3 Å². The summed E-state index contributed by atoms with van der Waals surface area (Å²) in [5, 5.41) is 0.631. The second-order valence-corrected chi connectivity index (χ2v) is 4.75. The van der Waals surface area contributed by atoms with Crippen molar-refractivity contribution in [1.29, 1.82) is 0 Å². The quantitative estimate of drug-likeness (QED) is 0.759. The number of halogens is 1. The molecule has 0 radical (unpaired) electrons. The van der Waals surface area contributed by atoms with Crippen molar-refractivity contribution in [3.63, 3.8) is 0 Å². The highest BCUT2D eigenvalue weighted by molar-refractivity contribution is 6.33. The lowest BCUT2D eigenvalue weighted by Gasteiger charge is -2.35. The maximum Gasteiger partial charge on any atom is 0.159 e. The third-order valence-corrected chi connectivity index (χ3v) is 3.33. The molecule has 0 spiro atoms. The Morgan fingerprint density at radius 1 is 1.53 bits per heavy atom. The van der Waals surface area contributed by atoms with Gasteiger partial charge in [-0.25, -0.2) is 0 Å². The summed E-state index contributed by atoms with van der Waals surface area (Å²) in [6.07, 6.45) is 0. The average molecular weight is 254 g/mol. The number of anilines is 1. The molecule has 0 aromatic heterocycles. The molecule has 92 valence electrons. The number of nitrogens with zero attached hydrogens (tertiary/aromatic N) is 1. The van der Waals surface area contributed by atoms with E-state index in [1.165, 1.54) is 0 Å². The zero-order chi connectivity index (χ0) is 12.4.